The Morgan fingerprint density at radius 2 is 1.61 bits per heavy atom. The van der Waals surface area contributed by atoms with E-state index in [0.29, 0.717) is 17.0 Å². The third kappa shape index (κ3) is 5.30. The first-order valence-electron chi connectivity index (χ1n) is 13.6. The number of hydrogen-bond donors (Lipinski definition) is 2. The number of anilines is 2. The zero-order chi connectivity index (χ0) is 26.5. The summed E-state index contributed by atoms with van der Waals surface area (Å²) in [4.78, 5) is 28.3. The lowest BCUT2D eigenvalue weighted by atomic mass is 9.91. The maximum absolute atomic E-state index is 13.1. The molecule has 3 aromatic rings. The molecule has 0 unspecified atom stereocenters. The van der Waals surface area contributed by atoms with Crippen LogP contribution >= 0.6 is 0 Å². The number of nitrogens with one attached hydrogen (secondary N) is 2. The van der Waals surface area contributed by atoms with Gasteiger partial charge in [-0.2, -0.15) is 0 Å². The van der Waals surface area contributed by atoms with E-state index in [0.717, 1.165) is 38.0 Å². The Bertz CT molecular complexity index is 1340. The highest BCUT2D eigenvalue weighted by atomic mass is 16.5. The zero-order valence-corrected chi connectivity index (χ0v) is 22.1. The summed E-state index contributed by atoms with van der Waals surface area (Å²) in [5, 5.41) is 6.14. The van der Waals surface area contributed by atoms with E-state index in [1.54, 1.807) is 24.3 Å². The van der Waals surface area contributed by atoms with Crippen molar-refractivity contribution < 1.29 is 14.3 Å². The number of amides is 2. The van der Waals surface area contributed by atoms with Crippen LogP contribution in [0.25, 0.3) is 5.57 Å². The predicted octanol–water partition coefficient (Wildman–Crippen LogP) is 6.36. The molecule has 6 heteroatoms. The molecule has 2 amide bonds. The number of carbonyl (C=O) groups excluding carboxylic acids is 2. The summed E-state index contributed by atoms with van der Waals surface area (Å²) >= 11 is 0. The summed E-state index contributed by atoms with van der Waals surface area (Å²) in [6.07, 6.45) is 4.41. The summed E-state index contributed by atoms with van der Waals surface area (Å²) in [5.74, 6) is -0.103. The number of rotatable bonds is 9. The first-order valence-corrected chi connectivity index (χ1v) is 13.6. The van der Waals surface area contributed by atoms with E-state index < -0.39 is 0 Å². The molecular weight excluding hydrogens is 474 g/mol. The van der Waals surface area contributed by atoms with Gasteiger partial charge in [-0.25, -0.2) is 0 Å². The Balaban J connectivity index is 1.23. The molecule has 0 fully saturated rings. The van der Waals surface area contributed by atoms with Crippen LogP contribution in [0.4, 0.5) is 11.4 Å². The maximum atomic E-state index is 13.1. The van der Waals surface area contributed by atoms with Crippen molar-refractivity contribution in [1.29, 1.82) is 0 Å². The standard InChI is InChI=1S/C32H35N3O3/c1-3-35(4-2)23-19-17-22(18-20-23)33-32(37)28-15-9-10-16-29(28)38-21-30(36)34-31-26-13-7-5-11-24(26)25-12-6-8-14-27(25)31/h5,7,9-11,13,15-20,31H,3-4,6,8,12,14,21H2,1-2H3,(H,33,37)(H,34,36)/t31-/m0/s1. The number of hydrogen-bond acceptors (Lipinski definition) is 4. The van der Waals surface area contributed by atoms with E-state index in [1.165, 1.54) is 28.7 Å². The molecule has 0 saturated heterocycles. The highest BCUT2D eigenvalue weighted by Crippen LogP contribution is 2.47. The monoisotopic (exact) mass is 509 g/mol. The average Bonchev–Trinajstić information content (AvgIpc) is 3.27. The predicted molar refractivity (Wildman–Crippen MR) is 153 cm³/mol. The minimum absolute atomic E-state index is 0.101. The second-order valence-corrected chi connectivity index (χ2v) is 9.76. The Kier molecular flexibility index (Phi) is 7.78. The summed E-state index contributed by atoms with van der Waals surface area (Å²) < 4.78 is 5.88. The number of nitrogens with zero attached hydrogens (tertiary/aromatic N) is 1. The molecule has 5 rings (SSSR count). The molecule has 0 heterocycles. The average molecular weight is 510 g/mol. The van der Waals surface area contributed by atoms with Gasteiger partial charge in [-0.15, -0.1) is 0 Å². The van der Waals surface area contributed by atoms with Crippen LogP contribution in [0.5, 0.6) is 5.75 Å². The normalized spacial score (nSPS) is 15.9. The van der Waals surface area contributed by atoms with E-state index in [1.807, 2.05) is 30.3 Å². The molecular formula is C32H35N3O3. The lowest BCUT2D eigenvalue weighted by Gasteiger charge is -2.21. The molecule has 0 bridgehead atoms. The lowest BCUT2D eigenvalue weighted by molar-refractivity contribution is -0.123. The Hall–Kier alpha value is -4.06. The Morgan fingerprint density at radius 3 is 2.39 bits per heavy atom. The fourth-order valence-corrected chi connectivity index (χ4v) is 5.60. The highest BCUT2D eigenvalue weighted by molar-refractivity contribution is 6.06. The van der Waals surface area contributed by atoms with E-state index in [9.17, 15) is 9.59 Å². The molecule has 1 atom stereocenters. The van der Waals surface area contributed by atoms with Gasteiger partial charge in [-0.05, 0) is 98.2 Å². The summed E-state index contributed by atoms with van der Waals surface area (Å²) in [7, 11) is 0. The molecule has 2 aliphatic rings. The van der Waals surface area contributed by atoms with Crippen molar-refractivity contribution in [1.82, 2.24) is 5.32 Å². The Labute approximate surface area is 224 Å². The first kappa shape index (κ1) is 25.6. The maximum Gasteiger partial charge on any atom is 0.259 e. The van der Waals surface area contributed by atoms with E-state index >= 15 is 0 Å². The number of fused-ring (bicyclic) bond motifs is 2. The van der Waals surface area contributed by atoms with Gasteiger partial charge in [0.2, 0.25) is 0 Å². The van der Waals surface area contributed by atoms with Gasteiger partial charge in [0, 0.05) is 24.5 Å². The third-order valence-electron chi connectivity index (χ3n) is 7.51. The lowest BCUT2D eigenvalue weighted by Crippen LogP contribution is -2.33. The van der Waals surface area contributed by atoms with Crippen LogP contribution < -0.4 is 20.3 Å². The molecule has 38 heavy (non-hydrogen) atoms. The SMILES string of the molecule is CCN(CC)c1ccc(NC(=O)c2ccccc2OCC(=O)N[C@@H]2C3=C(CCCC3)c3ccccc32)cc1. The van der Waals surface area contributed by atoms with Crippen LogP contribution in [-0.2, 0) is 4.79 Å². The fourth-order valence-electron chi connectivity index (χ4n) is 5.60. The molecule has 0 aliphatic heterocycles. The van der Waals surface area contributed by atoms with Crippen LogP contribution in [0.1, 0.15) is 67.1 Å². The van der Waals surface area contributed by atoms with Crippen molar-refractivity contribution in [3.05, 3.63) is 95.1 Å². The highest BCUT2D eigenvalue weighted by Gasteiger charge is 2.33. The van der Waals surface area contributed by atoms with E-state index in [4.69, 9.17) is 4.74 Å². The topological polar surface area (TPSA) is 70.7 Å². The van der Waals surface area contributed by atoms with Crippen LogP contribution in [0, 0.1) is 0 Å². The van der Waals surface area contributed by atoms with E-state index in [-0.39, 0.29) is 24.5 Å². The van der Waals surface area contributed by atoms with Gasteiger partial charge in [-0.1, -0.05) is 36.4 Å². The van der Waals surface area contributed by atoms with Crippen molar-refractivity contribution in [3.63, 3.8) is 0 Å². The minimum Gasteiger partial charge on any atom is -0.483 e. The second kappa shape index (κ2) is 11.5. The first-order chi connectivity index (χ1) is 18.6. The third-order valence-corrected chi connectivity index (χ3v) is 7.51. The molecule has 6 nitrogen and oxygen atoms in total. The van der Waals surface area contributed by atoms with Gasteiger partial charge in [0.15, 0.2) is 6.61 Å². The minimum atomic E-state index is -0.279. The van der Waals surface area contributed by atoms with Gasteiger partial charge in [0.05, 0.1) is 11.6 Å². The van der Waals surface area contributed by atoms with Gasteiger partial charge >= 0.3 is 0 Å². The van der Waals surface area contributed by atoms with Crippen molar-refractivity contribution in [2.24, 2.45) is 0 Å². The van der Waals surface area contributed by atoms with Gasteiger partial charge in [-0.3, -0.25) is 9.59 Å². The molecule has 2 aliphatic carbocycles. The number of benzene rings is 3. The second-order valence-electron chi connectivity index (χ2n) is 9.76. The van der Waals surface area contributed by atoms with Gasteiger partial charge in [0.1, 0.15) is 5.75 Å². The van der Waals surface area contributed by atoms with E-state index in [2.05, 4.69) is 47.6 Å². The molecule has 0 radical (unpaired) electrons. The van der Waals surface area contributed by atoms with Gasteiger partial charge in [0.25, 0.3) is 11.8 Å². The molecule has 0 spiro atoms. The summed E-state index contributed by atoms with van der Waals surface area (Å²) in [6, 6.07) is 23.1. The smallest absolute Gasteiger partial charge is 0.259 e. The number of para-hydroxylation sites is 1. The van der Waals surface area contributed by atoms with Crippen molar-refractivity contribution >= 4 is 28.8 Å². The largest absolute Gasteiger partial charge is 0.483 e. The van der Waals surface area contributed by atoms with Crippen LogP contribution in [0.2, 0.25) is 0 Å². The summed E-state index contributed by atoms with van der Waals surface area (Å²) in [6.45, 7) is 5.92. The molecule has 2 N–H and O–H groups in total. The fraction of sp³-hybridized carbons (Fsp3) is 0.312. The summed E-state index contributed by atoms with van der Waals surface area (Å²) in [5.41, 5.74) is 7.36. The quantitative estimate of drug-likeness (QED) is 0.352. The number of carbonyl (C=O) groups is 2. The molecule has 0 aromatic heterocycles. The van der Waals surface area contributed by atoms with Crippen molar-refractivity contribution in [3.8, 4) is 5.75 Å². The van der Waals surface area contributed by atoms with Crippen LogP contribution in [0.15, 0.2) is 78.4 Å². The molecule has 196 valence electrons. The van der Waals surface area contributed by atoms with Crippen LogP contribution in [-0.4, -0.2) is 31.5 Å². The number of ether oxygens (including phenoxy) is 1. The molecule has 0 saturated carbocycles. The molecule has 3 aromatic carbocycles. The van der Waals surface area contributed by atoms with Gasteiger partial charge < -0.3 is 20.3 Å². The van der Waals surface area contributed by atoms with Crippen molar-refractivity contribution in [2.75, 3.05) is 29.9 Å². The number of allylic oxidation sites excluding steroid dienone is 1. The van der Waals surface area contributed by atoms with Crippen LogP contribution in [0.3, 0.4) is 0 Å². The zero-order valence-electron chi connectivity index (χ0n) is 22.1. The van der Waals surface area contributed by atoms with Crippen molar-refractivity contribution in [2.45, 2.75) is 45.6 Å². The Morgan fingerprint density at radius 1 is 0.895 bits per heavy atom.